The second kappa shape index (κ2) is 7.23. The molecule has 7 heteroatoms. The molecule has 3 rings (SSSR count). The summed E-state index contributed by atoms with van der Waals surface area (Å²) >= 11 is 1.50. The molecule has 1 aromatic heterocycles. The summed E-state index contributed by atoms with van der Waals surface area (Å²) in [5, 5.41) is 11.4. The summed E-state index contributed by atoms with van der Waals surface area (Å²) in [6, 6.07) is 1.80. The lowest BCUT2D eigenvalue weighted by atomic mass is 9.79. The van der Waals surface area contributed by atoms with Crippen LogP contribution in [0.25, 0.3) is 0 Å². The lowest BCUT2D eigenvalue weighted by Gasteiger charge is -2.26. The molecule has 1 heterocycles. The maximum absolute atomic E-state index is 12.7. The van der Waals surface area contributed by atoms with Crippen LogP contribution in [-0.4, -0.2) is 22.9 Å². The number of thiophene rings is 1. The highest BCUT2D eigenvalue weighted by Gasteiger charge is 2.57. The minimum Gasteiger partial charge on any atom is -0.481 e. The third-order valence-electron chi connectivity index (χ3n) is 5.57. The van der Waals surface area contributed by atoms with Gasteiger partial charge in [-0.25, -0.2) is 0 Å². The topological polar surface area (TPSA) is 95.5 Å². The van der Waals surface area contributed by atoms with Gasteiger partial charge in [-0.05, 0) is 51.0 Å². The molecule has 4 unspecified atom stereocenters. The van der Waals surface area contributed by atoms with E-state index in [-0.39, 0.29) is 17.7 Å². The number of hydrazine groups is 1. The standard InChI is InChI=1S/C19H24N2O4S/c1-4-11-7-10(8-26-11)17(22)20-21-18(23)15-12-5-6-13(14(12)9(2)3)16(15)19(24)25/h7-8,12-13,15-16H,4-6H2,1-3H3,(H,20,22)(H,21,23)(H,24,25). The zero-order chi connectivity index (χ0) is 19.0. The van der Waals surface area contributed by atoms with E-state index in [0.717, 1.165) is 35.3 Å². The van der Waals surface area contributed by atoms with Crippen molar-refractivity contribution in [3.05, 3.63) is 33.0 Å². The lowest BCUT2D eigenvalue weighted by molar-refractivity contribution is -0.149. The summed E-state index contributed by atoms with van der Waals surface area (Å²) < 4.78 is 0. The van der Waals surface area contributed by atoms with Gasteiger partial charge in [-0.1, -0.05) is 18.1 Å². The number of nitrogens with one attached hydrogen (secondary N) is 2. The van der Waals surface area contributed by atoms with Gasteiger partial charge in [-0.2, -0.15) is 0 Å². The van der Waals surface area contributed by atoms with Crippen molar-refractivity contribution in [2.45, 2.75) is 40.0 Å². The van der Waals surface area contributed by atoms with Crippen LogP contribution < -0.4 is 10.9 Å². The molecular formula is C19H24N2O4S. The zero-order valence-electron chi connectivity index (χ0n) is 15.2. The number of carboxylic acids is 1. The van der Waals surface area contributed by atoms with E-state index in [4.69, 9.17) is 0 Å². The van der Waals surface area contributed by atoms with Crippen LogP contribution in [0.5, 0.6) is 0 Å². The monoisotopic (exact) mass is 376 g/mol. The van der Waals surface area contributed by atoms with Crippen LogP contribution in [0.1, 0.15) is 48.8 Å². The van der Waals surface area contributed by atoms with Gasteiger partial charge in [0, 0.05) is 10.3 Å². The number of rotatable bonds is 4. The van der Waals surface area contributed by atoms with E-state index in [9.17, 15) is 19.5 Å². The van der Waals surface area contributed by atoms with Gasteiger partial charge >= 0.3 is 5.97 Å². The average molecular weight is 376 g/mol. The number of carbonyl (C=O) groups is 3. The smallest absolute Gasteiger partial charge is 0.307 e. The Balaban J connectivity index is 1.71. The van der Waals surface area contributed by atoms with Gasteiger partial charge in [0.1, 0.15) is 0 Å². The molecular weight excluding hydrogens is 352 g/mol. The Morgan fingerprint density at radius 3 is 2.35 bits per heavy atom. The maximum Gasteiger partial charge on any atom is 0.307 e. The van der Waals surface area contributed by atoms with Crippen LogP contribution >= 0.6 is 11.3 Å². The molecule has 2 aliphatic carbocycles. The van der Waals surface area contributed by atoms with Crippen molar-refractivity contribution in [1.29, 1.82) is 0 Å². The van der Waals surface area contributed by atoms with Crippen molar-refractivity contribution >= 4 is 29.1 Å². The Bertz CT molecular complexity index is 778. The molecule has 3 N–H and O–H groups in total. The number of hydrogen-bond donors (Lipinski definition) is 3. The van der Waals surface area contributed by atoms with Crippen molar-refractivity contribution < 1.29 is 19.5 Å². The Kier molecular flexibility index (Phi) is 5.18. The fourth-order valence-electron chi connectivity index (χ4n) is 4.56. The fourth-order valence-corrected chi connectivity index (χ4v) is 5.38. The number of aliphatic carboxylic acids is 1. The quantitative estimate of drug-likeness (QED) is 0.556. The highest BCUT2D eigenvalue weighted by Crippen LogP contribution is 2.57. The molecule has 0 radical (unpaired) electrons. The third-order valence-corrected chi connectivity index (χ3v) is 6.65. The SMILES string of the molecule is CCc1cc(C(=O)NNC(=O)C2C3CCC(C3=C(C)C)C2C(=O)O)cs1. The molecule has 140 valence electrons. The number of allylic oxidation sites excluding steroid dienone is 2. The van der Waals surface area contributed by atoms with Crippen molar-refractivity contribution in [1.82, 2.24) is 10.9 Å². The van der Waals surface area contributed by atoms with Crippen LogP contribution in [0.2, 0.25) is 0 Å². The van der Waals surface area contributed by atoms with Gasteiger partial charge in [0.05, 0.1) is 17.4 Å². The molecule has 2 amide bonds. The van der Waals surface area contributed by atoms with Crippen LogP contribution in [-0.2, 0) is 16.0 Å². The predicted molar refractivity (Wildman–Crippen MR) is 98.5 cm³/mol. The third kappa shape index (κ3) is 3.16. The first-order valence-electron chi connectivity index (χ1n) is 8.92. The van der Waals surface area contributed by atoms with Gasteiger partial charge < -0.3 is 5.11 Å². The average Bonchev–Trinajstić information content (AvgIpc) is 3.30. The van der Waals surface area contributed by atoms with Crippen LogP contribution in [0, 0.1) is 23.7 Å². The summed E-state index contributed by atoms with van der Waals surface area (Å²) in [7, 11) is 0. The van der Waals surface area contributed by atoms with Gasteiger partial charge in [0.15, 0.2) is 0 Å². The number of carboxylic acid groups (broad SMARTS) is 1. The summed E-state index contributed by atoms with van der Waals surface area (Å²) in [4.78, 5) is 37.8. The van der Waals surface area contributed by atoms with Gasteiger partial charge in [-0.3, -0.25) is 25.2 Å². The molecule has 0 saturated heterocycles. The highest BCUT2D eigenvalue weighted by atomic mass is 32.1. The predicted octanol–water partition coefficient (Wildman–Crippen LogP) is 2.76. The van der Waals surface area contributed by atoms with Crippen molar-refractivity contribution in [2.75, 3.05) is 0 Å². The largest absolute Gasteiger partial charge is 0.481 e. The van der Waals surface area contributed by atoms with Gasteiger partial charge in [-0.15, -0.1) is 11.3 Å². The van der Waals surface area contributed by atoms with E-state index in [0.29, 0.717) is 5.56 Å². The van der Waals surface area contributed by atoms with Crippen molar-refractivity contribution in [2.24, 2.45) is 23.7 Å². The summed E-state index contributed by atoms with van der Waals surface area (Å²) in [5.74, 6) is -3.20. The second-order valence-electron chi connectivity index (χ2n) is 7.23. The summed E-state index contributed by atoms with van der Waals surface area (Å²) in [6.07, 6.45) is 2.49. The Morgan fingerprint density at radius 2 is 1.81 bits per heavy atom. The molecule has 6 nitrogen and oxygen atoms in total. The molecule has 1 aromatic rings. The van der Waals surface area contributed by atoms with Crippen LogP contribution in [0.15, 0.2) is 22.6 Å². The first-order chi connectivity index (χ1) is 12.3. The second-order valence-corrected chi connectivity index (χ2v) is 8.23. The van der Waals surface area contributed by atoms with E-state index in [1.54, 1.807) is 11.4 Å². The number of carbonyl (C=O) groups excluding carboxylic acids is 2. The van der Waals surface area contributed by atoms with E-state index in [1.807, 2.05) is 20.8 Å². The molecule has 4 atom stereocenters. The Morgan fingerprint density at radius 1 is 1.15 bits per heavy atom. The fraction of sp³-hybridized carbons (Fsp3) is 0.526. The van der Waals surface area contributed by atoms with Gasteiger partial charge in [0.2, 0.25) is 5.91 Å². The first-order valence-corrected chi connectivity index (χ1v) is 9.80. The normalized spacial score (nSPS) is 26.7. The Hall–Kier alpha value is -2.15. The molecule has 0 aromatic carbocycles. The zero-order valence-corrected chi connectivity index (χ0v) is 16.0. The molecule has 26 heavy (non-hydrogen) atoms. The van der Waals surface area contributed by atoms with E-state index in [1.165, 1.54) is 11.3 Å². The Labute approximate surface area is 156 Å². The molecule has 0 aliphatic heterocycles. The minimum absolute atomic E-state index is 0.0455. The molecule has 2 aliphatic rings. The molecule has 0 spiro atoms. The molecule has 2 fully saturated rings. The number of amides is 2. The highest BCUT2D eigenvalue weighted by molar-refractivity contribution is 7.10. The number of hydrogen-bond acceptors (Lipinski definition) is 4. The maximum atomic E-state index is 12.7. The van der Waals surface area contributed by atoms with Crippen LogP contribution in [0.4, 0.5) is 0 Å². The number of aryl methyl sites for hydroxylation is 1. The minimum atomic E-state index is -0.937. The molecule has 2 saturated carbocycles. The first kappa shape index (κ1) is 18.6. The van der Waals surface area contributed by atoms with E-state index >= 15 is 0 Å². The number of fused-ring (bicyclic) bond motifs is 2. The van der Waals surface area contributed by atoms with Crippen molar-refractivity contribution in [3.8, 4) is 0 Å². The summed E-state index contributed by atoms with van der Waals surface area (Å²) in [6.45, 7) is 5.96. The van der Waals surface area contributed by atoms with Crippen LogP contribution in [0.3, 0.4) is 0 Å². The summed E-state index contributed by atoms with van der Waals surface area (Å²) in [5.41, 5.74) is 7.62. The van der Waals surface area contributed by atoms with Crippen molar-refractivity contribution in [3.63, 3.8) is 0 Å². The van der Waals surface area contributed by atoms with Gasteiger partial charge in [0.25, 0.3) is 5.91 Å². The van der Waals surface area contributed by atoms with E-state index in [2.05, 4.69) is 10.9 Å². The molecule has 2 bridgehead atoms. The van der Waals surface area contributed by atoms with E-state index < -0.39 is 23.7 Å². The lowest BCUT2D eigenvalue weighted by Crippen LogP contribution is -2.48.